The van der Waals surface area contributed by atoms with E-state index in [0.29, 0.717) is 0 Å². The number of benzene rings is 4. The molecule has 0 heterocycles. The topological polar surface area (TPSA) is 0 Å². The summed E-state index contributed by atoms with van der Waals surface area (Å²) < 4.78 is 2.89. The standard InChI is InChI=1S/C26H24AsBr/c28-27(25-17-9-3-10-18-25,26-19-11-4-12-20-26,21-23-13-5-1-6-14-23)22-24-15-7-2-8-16-24/h1-20H,21-22H2. The van der Waals surface area contributed by atoms with Gasteiger partial charge in [-0.2, -0.15) is 0 Å². The maximum atomic E-state index is 4.56. The first kappa shape index (κ1) is 19.2. The Hall–Kier alpha value is -2.08. The van der Waals surface area contributed by atoms with Crippen LogP contribution in [0.25, 0.3) is 0 Å². The summed E-state index contributed by atoms with van der Waals surface area (Å²) in [6.07, 6.45) is 0. The second kappa shape index (κ2) is 8.11. The Morgan fingerprint density at radius 3 is 1.04 bits per heavy atom. The van der Waals surface area contributed by atoms with Crippen LogP contribution >= 0.6 is 13.9 Å². The van der Waals surface area contributed by atoms with E-state index in [1.807, 2.05) is 0 Å². The molecule has 0 atom stereocenters. The van der Waals surface area contributed by atoms with Crippen LogP contribution in [-0.4, -0.2) is 10.6 Å². The average Bonchev–Trinajstić information content (AvgIpc) is 2.76. The van der Waals surface area contributed by atoms with Crippen LogP contribution in [0.4, 0.5) is 0 Å². The summed E-state index contributed by atoms with van der Waals surface area (Å²) in [6, 6.07) is 44.0. The fourth-order valence-electron chi connectivity index (χ4n) is 4.04. The number of rotatable bonds is 6. The van der Waals surface area contributed by atoms with Gasteiger partial charge in [0, 0.05) is 0 Å². The SMILES string of the molecule is Br[As](Cc1ccccc1)(Cc1ccccc1)(c1ccccc1)c1ccccc1. The molecular formula is C26H24AsBr. The molecule has 0 nitrogen and oxygen atoms in total. The molecule has 0 unspecified atom stereocenters. The minimum absolute atomic E-state index is 1.03. The molecule has 0 aliphatic carbocycles. The zero-order chi connectivity index (χ0) is 19.3. The van der Waals surface area contributed by atoms with E-state index in [1.165, 1.54) is 19.8 Å². The minimum atomic E-state index is -3.45. The Kier molecular flexibility index (Phi) is 5.58. The van der Waals surface area contributed by atoms with Crippen molar-refractivity contribution in [3.8, 4) is 0 Å². The van der Waals surface area contributed by atoms with Gasteiger partial charge in [-0.05, 0) is 0 Å². The summed E-state index contributed by atoms with van der Waals surface area (Å²) in [5.41, 5.74) is 2.77. The Morgan fingerprint density at radius 2 is 0.714 bits per heavy atom. The van der Waals surface area contributed by atoms with Gasteiger partial charge in [0.05, 0.1) is 0 Å². The predicted molar refractivity (Wildman–Crippen MR) is 127 cm³/mol. The van der Waals surface area contributed by atoms with Crippen LogP contribution in [0.3, 0.4) is 0 Å². The van der Waals surface area contributed by atoms with Crippen LogP contribution in [0.5, 0.6) is 0 Å². The maximum absolute atomic E-state index is 4.56. The molecule has 0 fully saturated rings. The van der Waals surface area contributed by atoms with Gasteiger partial charge in [-0.25, -0.2) is 0 Å². The quantitative estimate of drug-likeness (QED) is 0.306. The zero-order valence-corrected chi connectivity index (χ0v) is 19.2. The van der Waals surface area contributed by atoms with Gasteiger partial charge in [0.2, 0.25) is 0 Å². The first-order valence-electron chi connectivity index (χ1n) is 9.60. The molecule has 0 saturated carbocycles. The fraction of sp³-hybridized carbons (Fsp3) is 0.0769. The molecule has 4 aromatic carbocycles. The van der Waals surface area contributed by atoms with E-state index in [2.05, 4.69) is 135 Å². The van der Waals surface area contributed by atoms with Crippen molar-refractivity contribution in [2.45, 2.75) is 10.4 Å². The molecular weight excluding hydrogens is 467 g/mol. The van der Waals surface area contributed by atoms with Crippen LogP contribution < -0.4 is 8.70 Å². The van der Waals surface area contributed by atoms with Gasteiger partial charge in [0.15, 0.2) is 0 Å². The molecule has 0 saturated heterocycles. The number of halogens is 1. The van der Waals surface area contributed by atoms with E-state index in [0.717, 1.165) is 10.4 Å². The van der Waals surface area contributed by atoms with Crippen molar-refractivity contribution in [3.05, 3.63) is 132 Å². The van der Waals surface area contributed by atoms with Crippen molar-refractivity contribution in [3.63, 3.8) is 0 Å². The zero-order valence-electron chi connectivity index (χ0n) is 15.8. The Morgan fingerprint density at radius 1 is 0.429 bits per heavy atom. The van der Waals surface area contributed by atoms with Crippen LogP contribution in [0.2, 0.25) is 0 Å². The van der Waals surface area contributed by atoms with E-state index in [1.54, 1.807) is 0 Å². The summed E-state index contributed by atoms with van der Waals surface area (Å²) in [5, 5.41) is 2.06. The molecule has 28 heavy (non-hydrogen) atoms. The molecule has 0 aromatic heterocycles. The molecule has 4 rings (SSSR count). The molecule has 0 radical (unpaired) electrons. The second-order valence-electron chi connectivity index (χ2n) is 7.33. The molecule has 0 amide bonds. The van der Waals surface area contributed by atoms with E-state index in [4.69, 9.17) is 0 Å². The molecule has 0 aliphatic rings. The van der Waals surface area contributed by atoms with Crippen molar-refractivity contribution in [1.29, 1.82) is 0 Å². The van der Waals surface area contributed by atoms with Crippen molar-refractivity contribution in [1.82, 2.24) is 0 Å². The van der Waals surface area contributed by atoms with Crippen LogP contribution in [0.15, 0.2) is 121 Å². The molecule has 0 bridgehead atoms. The fourth-order valence-corrected chi connectivity index (χ4v) is 19.6. The van der Waals surface area contributed by atoms with Crippen molar-refractivity contribution >= 4 is 33.2 Å². The summed E-state index contributed by atoms with van der Waals surface area (Å²) in [7, 11) is -3.45. The van der Waals surface area contributed by atoms with Gasteiger partial charge in [0.25, 0.3) is 0 Å². The van der Waals surface area contributed by atoms with Gasteiger partial charge in [-0.1, -0.05) is 0 Å². The van der Waals surface area contributed by atoms with E-state index < -0.39 is 10.6 Å². The monoisotopic (exact) mass is 490 g/mol. The van der Waals surface area contributed by atoms with Crippen LogP contribution in [0, 0.1) is 0 Å². The van der Waals surface area contributed by atoms with Crippen LogP contribution in [0.1, 0.15) is 11.1 Å². The normalized spacial score (nSPS) is 12.8. The third-order valence-electron chi connectivity index (χ3n) is 5.41. The van der Waals surface area contributed by atoms with Gasteiger partial charge < -0.3 is 0 Å². The van der Waals surface area contributed by atoms with E-state index in [-0.39, 0.29) is 0 Å². The Bertz CT molecular complexity index is 930. The average molecular weight is 491 g/mol. The van der Waals surface area contributed by atoms with E-state index >= 15 is 0 Å². The number of hydrogen-bond donors (Lipinski definition) is 0. The van der Waals surface area contributed by atoms with Crippen molar-refractivity contribution in [2.75, 3.05) is 0 Å². The molecule has 0 N–H and O–H groups in total. The van der Waals surface area contributed by atoms with E-state index in [9.17, 15) is 0 Å². The molecule has 2 heteroatoms. The summed E-state index contributed by atoms with van der Waals surface area (Å²) in [4.78, 5) is 0. The molecule has 0 spiro atoms. The Labute approximate surface area is 175 Å². The van der Waals surface area contributed by atoms with Crippen LogP contribution in [-0.2, 0) is 10.4 Å². The predicted octanol–water partition coefficient (Wildman–Crippen LogP) is 5.66. The second-order valence-corrected chi connectivity index (χ2v) is 25.5. The first-order valence-corrected chi connectivity index (χ1v) is 18.5. The third-order valence-corrected chi connectivity index (χ3v) is 22.8. The van der Waals surface area contributed by atoms with Crippen molar-refractivity contribution < 1.29 is 0 Å². The van der Waals surface area contributed by atoms with Gasteiger partial charge in [-0.3, -0.25) is 0 Å². The first-order chi connectivity index (χ1) is 13.7. The van der Waals surface area contributed by atoms with Gasteiger partial charge >= 0.3 is 176 Å². The Balaban J connectivity index is 1.99. The van der Waals surface area contributed by atoms with Crippen molar-refractivity contribution in [2.24, 2.45) is 0 Å². The summed E-state index contributed by atoms with van der Waals surface area (Å²) >= 11 is 4.56. The third kappa shape index (κ3) is 3.75. The molecule has 4 aromatic rings. The molecule has 0 aliphatic heterocycles. The van der Waals surface area contributed by atoms with Gasteiger partial charge in [-0.15, -0.1) is 0 Å². The molecule has 140 valence electrons. The summed E-state index contributed by atoms with van der Waals surface area (Å²) in [5.74, 6) is 0. The number of hydrogen-bond acceptors (Lipinski definition) is 0. The summed E-state index contributed by atoms with van der Waals surface area (Å²) in [6.45, 7) is 0. The van der Waals surface area contributed by atoms with Gasteiger partial charge in [0.1, 0.15) is 0 Å².